The van der Waals surface area contributed by atoms with E-state index < -0.39 is 0 Å². The van der Waals surface area contributed by atoms with Gasteiger partial charge >= 0.3 is 0 Å². The first-order valence-electron chi connectivity index (χ1n) is 6.81. The van der Waals surface area contributed by atoms with E-state index in [4.69, 9.17) is 40.2 Å². The maximum absolute atomic E-state index is 7.74. The second kappa shape index (κ2) is 8.67. The van der Waals surface area contributed by atoms with E-state index >= 15 is 0 Å². The molecule has 0 spiro atoms. The van der Waals surface area contributed by atoms with Crippen molar-refractivity contribution in [2.45, 2.75) is 45.0 Å². The van der Waals surface area contributed by atoms with Gasteiger partial charge in [0, 0.05) is 34.3 Å². The van der Waals surface area contributed by atoms with Gasteiger partial charge in [-0.2, -0.15) is 0 Å². The molecule has 0 amide bonds. The highest BCUT2D eigenvalue weighted by atomic mass is 35.5. The molecule has 0 aliphatic heterocycles. The van der Waals surface area contributed by atoms with Crippen molar-refractivity contribution in [3.05, 3.63) is 45.6 Å². The Kier molecular flexibility index (Phi) is 7.58. The normalized spacial score (nSPS) is 21.5. The molecule has 0 saturated heterocycles. The highest BCUT2D eigenvalue weighted by Crippen LogP contribution is 2.26. The molecular weight excluding hydrogens is 327 g/mol. The van der Waals surface area contributed by atoms with Gasteiger partial charge in [0.25, 0.3) is 0 Å². The molecule has 0 heterocycles. The van der Waals surface area contributed by atoms with Gasteiger partial charge in [-0.25, -0.2) is 0 Å². The molecule has 1 aliphatic carbocycles. The minimum absolute atomic E-state index is 0.0209. The lowest BCUT2D eigenvalue weighted by atomic mass is 10.0. The fraction of sp³-hybridized carbons (Fsp3) is 0.438. The third kappa shape index (κ3) is 6.73. The van der Waals surface area contributed by atoms with Gasteiger partial charge in [0.1, 0.15) is 0 Å². The summed E-state index contributed by atoms with van der Waals surface area (Å²) in [7, 11) is 0. The molecule has 2 nitrogen and oxygen atoms in total. The third-order valence-electron chi connectivity index (χ3n) is 3.13. The monoisotopic (exact) mass is 346 g/mol. The maximum Gasteiger partial charge on any atom is 0.0780 e. The highest BCUT2D eigenvalue weighted by Gasteiger charge is 2.20. The van der Waals surface area contributed by atoms with Crippen molar-refractivity contribution in [2.24, 2.45) is 0 Å². The molecule has 0 saturated carbocycles. The molecule has 1 rings (SSSR count). The largest absolute Gasteiger partial charge is 0.380 e. The van der Waals surface area contributed by atoms with Crippen molar-refractivity contribution in [3.63, 3.8) is 0 Å². The Labute approximate surface area is 142 Å². The van der Waals surface area contributed by atoms with Gasteiger partial charge in [-0.05, 0) is 39.0 Å². The first-order chi connectivity index (χ1) is 9.79. The van der Waals surface area contributed by atoms with E-state index in [0.717, 1.165) is 21.3 Å². The standard InChI is InChI=1S/C16H21Cl3N2/c1-10(4-5-11(2)17)16(8-12(3)20)21-15-7-6-13(18)9-14(15)19/h4-7,14,16,20-21H,8-9H2,1-3H3/b10-4+,11-5+,20-12?. The van der Waals surface area contributed by atoms with Gasteiger partial charge < -0.3 is 10.7 Å². The molecular formula is C16H21Cl3N2. The van der Waals surface area contributed by atoms with Gasteiger partial charge in [-0.15, -0.1) is 11.6 Å². The quantitative estimate of drug-likeness (QED) is 0.372. The van der Waals surface area contributed by atoms with E-state index in [2.05, 4.69) is 5.32 Å². The highest BCUT2D eigenvalue weighted by molar-refractivity contribution is 6.31. The Morgan fingerprint density at radius 1 is 1.38 bits per heavy atom. The van der Waals surface area contributed by atoms with Crippen molar-refractivity contribution in [3.8, 4) is 0 Å². The average molecular weight is 348 g/mol. The molecule has 5 heteroatoms. The van der Waals surface area contributed by atoms with Crippen LogP contribution < -0.4 is 5.32 Å². The van der Waals surface area contributed by atoms with Crippen LogP contribution in [0.1, 0.15) is 33.6 Å². The number of alkyl halides is 1. The summed E-state index contributed by atoms with van der Waals surface area (Å²) >= 11 is 18.2. The summed E-state index contributed by atoms with van der Waals surface area (Å²) < 4.78 is 0. The van der Waals surface area contributed by atoms with Crippen LogP contribution in [0.3, 0.4) is 0 Å². The molecule has 0 fully saturated rings. The minimum Gasteiger partial charge on any atom is -0.380 e. The molecule has 0 bridgehead atoms. The Bertz CT molecular complexity index is 512. The predicted octanol–water partition coefficient (Wildman–Crippen LogP) is 5.48. The molecule has 116 valence electrons. The van der Waals surface area contributed by atoms with Crippen LogP contribution in [-0.4, -0.2) is 17.1 Å². The van der Waals surface area contributed by atoms with E-state index in [-0.39, 0.29) is 11.4 Å². The second-order valence-corrected chi connectivity index (χ2v) is 6.86. The van der Waals surface area contributed by atoms with E-state index in [9.17, 15) is 0 Å². The number of hydrogen-bond donors (Lipinski definition) is 2. The Morgan fingerprint density at radius 3 is 2.57 bits per heavy atom. The number of rotatable bonds is 6. The number of halogens is 3. The zero-order valence-electron chi connectivity index (χ0n) is 12.5. The summed E-state index contributed by atoms with van der Waals surface area (Å²) in [6, 6.07) is 0.0209. The summed E-state index contributed by atoms with van der Waals surface area (Å²) in [5.41, 5.74) is 2.65. The van der Waals surface area contributed by atoms with Crippen LogP contribution in [0.4, 0.5) is 0 Å². The van der Waals surface area contributed by atoms with Crippen LogP contribution in [0, 0.1) is 5.41 Å². The van der Waals surface area contributed by atoms with Crippen molar-refractivity contribution >= 4 is 40.5 Å². The number of hydrogen-bond acceptors (Lipinski definition) is 2. The minimum atomic E-state index is -0.158. The second-order valence-electron chi connectivity index (χ2n) is 5.25. The van der Waals surface area contributed by atoms with E-state index in [1.165, 1.54) is 0 Å². The summed E-state index contributed by atoms with van der Waals surface area (Å²) in [4.78, 5) is 0. The zero-order chi connectivity index (χ0) is 16.0. The van der Waals surface area contributed by atoms with E-state index in [0.29, 0.717) is 18.6 Å². The van der Waals surface area contributed by atoms with Crippen molar-refractivity contribution in [2.75, 3.05) is 0 Å². The lowest BCUT2D eigenvalue weighted by molar-refractivity contribution is 0.632. The molecule has 2 N–H and O–H groups in total. The zero-order valence-corrected chi connectivity index (χ0v) is 14.8. The predicted molar refractivity (Wildman–Crippen MR) is 94.6 cm³/mol. The van der Waals surface area contributed by atoms with E-state index in [1.807, 2.05) is 38.2 Å². The Balaban J connectivity index is 2.91. The van der Waals surface area contributed by atoms with Gasteiger partial charge in [-0.1, -0.05) is 34.9 Å². The number of nitrogens with one attached hydrogen (secondary N) is 2. The molecule has 0 aromatic rings. The maximum atomic E-state index is 7.74. The Morgan fingerprint density at radius 2 is 2.05 bits per heavy atom. The summed E-state index contributed by atoms with van der Waals surface area (Å²) in [5, 5.41) is 12.5. The summed E-state index contributed by atoms with van der Waals surface area (Å²) in [6.07, 6.45) is 8.84. The molecule has 2 unspecified atom stereocenters. The summed E-state index contributed by atoms with van der Waals surface area (Å²) in [5.74, 6) is 0. The van der Waals surface area contributed by atoms with Crippen LogP contribution in [-0.2, 0) is 0 Å². The van der Waals surface area contributed by atoms with Crippen LogP contribution in [0.2, 0.25) is 0 Å². The molecule has 21 heavy (non-hydrogen) atoms. The smallest absolute Gasteiger partial charge is 0.0780 e. The molecule has 0 aromatic heterocycles. The SMILES string of the molecule is CC(=N)CC(NC1=CC=C(Cl)CC1Cl)/C(C)=C/C=C(\C)Cl. The lowest BCUT2D eigenvalue weighted by Crippen LogP contribution is -2.35. The fourth-order valence-corrected chi connectivity index (χ4v) is 2.63. The van der Waals surface area contributed by atoms with Gasteiger partial charge in [0.15, 0.2) is 0 Å². The fourth-order valence-electron chi connectivity index (χ4n) is 1.97. The van der Waals surface area contributed by atoms with Crippen LogP contribution >= 0.6 is 34.8 Å². The Hall–Kier alpha value is -0.700. The van der Waals surface area contributed by atoms with Crippen molar-refractivity contribution in [1.82, 2.24) is 5.32 Å². The van der Waals surface area contributed by atoms with Crippen molar-refractivity contribution < 1.29 is 0 Å². The van der Waals surface area contributed by atoms with Crippen LogP contribution in [0.15, 0.2) is 45.6 Å². The van der Waals surface area contributed by atoms with Gasteiger partial charge in [0.2, 0.25) is 0 Å². The first kappa shape index (κ1) is 18.3. The summed E-state index contributed by atoms with van der Waals surface area (Å²) in [6.45, 7) is 5.65. The number of allylic oxidation sites excluding steroid dienone is 7. The van der Waals surface area contributed by atoms with Crippen LogP contribution in [0.5, 0.6) is 0 Å². The first-order valence-corrected chi connectivity index (χ1v) is 8.00. The molecule has 2 atom stereocenters. The van der Waals surface area contributed by atoms with Gasteiger partial charge in [-0.3, -0.25) is 0 Å². The average Bonchev–Trinajstić information content (AvgIpc) is 2.37. The molecule has 0 aromatic carbocycles. The van der Waals surface area contributed by atoms with Crippen LogP contribution in [0.25, 0.3) is 0 Å². The van der Waals surface area contributed by atoms with Gasteiger partial charge in [0.05, 0.1) is 11.4 Å². The molecule has 1 aliphatic rings. The molecule has 0 radical (unpaired) electrons. The topological polar surface area (TPSA) is 35.9 Å². The van der Waals surface area contributed by atoms with E-state index in [1.54, 1.807) is 6.92 Å². The third-order valence-corrected chi connectivity index (χ3v) is 3.93. The lowest BCUT2D eigenvalue weighted by Gasteiger charge is -2.26. The van der Waals surface area contributed by atoms with Crippen molar-refractivity contribution in [1.29, 1.82) is 5.41 Å².